The van der Waals surface area contributed by atoms with E-state index in [2.05, 4.69) is 39.8 Å². The van der Waals surface area contributed by atoms with Crippen LogP contribution in [0.25, 0.3) is 0 Å². The third kappa shape index (κ3) is 3.98. The highest BCUT2D eigenvalue weighted by atomic mass is 35.5. The van der Waals surface area contributed by atoms with Crippen molar-refractivity contribution in [3.8, 4) is 0 Å². The molecule has 0 N–H and O–H groups in total. The number of alkyl halides is 1. The van der Waals surface area contributed by atoms with Crippen LogP contribution in [0.5, 0.6) is 0 Å². The largest absolute Gasteiger partial charge is 0.145 e. The first-order chi connectivity index (χ1) is 8.90. The van der Waals surface area contributed by atoms with Crippen LogP contribution in [0.3, 0.4) is 0 Å². The van der Waals surface area contributed by atoms with Crippen LogP contribution in [0.15, 0.2) is 12.1 Å². The van der Waals surface area contributed by atoms with Crippen molar-refractivity contribution in [3.63, 3.8) is 0 Å². The van der Waals surface area contributed by atoms with Gasteiger partial charge < -0.3 is 0 Å². The van der Waals surface area contributed by atoms with Gasteiger partial charge in [0, 0.05) is 15.1 Å². The van der Waals surface area contributed by atoms with Crippen molar-refractivity contribution in [2.24, 2.45) is 17.3 Å². The van der Waals surface area contributed by atoms with Crippen molar-refractivity contribution < 1.29 is 0 Å². The molecular formula is C17H27ClS. The second-order valence-electron chi connectivity index (χ2n) is 7.08. The third-order valence-corrected chi connectivity index (χ3v) is 6.47. The fourth-order valence-electron chi connectivity index (χ4n) is 3.21. The Morgan fingerprint density at radius 1 is 1.21 bits per heavy atom. The van der Waals surface area contributed by atoms with Crippen molar-refractivity contribution in [1.82, 2.24) is 0 Å². The van der Waals surface area contributed by atoms with Crippen LogP contribution < -0.4 is 0 Å². The Morgan fingerprint density at radius 3 is 2.47 bits per heavy atom. The van der Waals surface area contributed by atoms with E-state index in [4.69, 9.17) is 11.6 Å². The Labute approximate surface area is 127 Å². The molecule has 0 amide bonds. The quantitative estimate of drug-likeness (QED) is 0.607. The molecule has 0 nitrogen and oxygen atoms in total. The van der Waals surface area contributed by atoms with Crippen LogP contribution >= 0.6 is 22.9 Å². The molecule has 0 bridgehead atoms. The van der Waals surface area contributed by atoms with E-state index in [9.17, 15) is 0 Å². The molecule has 3 unspecified atom stereocenters. The van der Waals surface area contributed by atoms with Crippen molar-refractivity contribution in [1.29, 1.82) is 0 Å². The molecule has 2 heteroatoms. The van der Waals surface area contributed by atoms with Crippen LogP contribution in [0.2, 0.25) is 0 Å². The summed E-state index contributed by atoms with van der Waals surface area (Å²) in [6.07, 6.45) is 6.14. The molecule has 0 radical (unpaired) electrons. The smallest absolute Gasteiger partial charge is 0.0367 e. The van der Waals surface area contributed by atoms with Crippen molar-refractivity contribution in [2.45, 2.75) is 65.2 Å². The first kappa shape index (κ1) is 15.4. The highest BCUT2D eigenvalue weighted by Gasteiger charge is 2.35. The lowest BCUT2D eigenvalue weighted by molar-refractivity contribution is 0.144. The van der Waals surface area contributed by atoms with Gasteiger partial charge in [-0.2, -0.15) is 0 Å². The second kappa shape index (κ2) is 6.18. The minimum Gasteiger partial charge on any atom is -0.145 e. The fourth-order valence-corrected chi connectivity index (χ4v) is 4.57. The molecule has 19 heavy (non-hydrogen) atoms. The fraction of sp³-hybridized carbons (Fsp3) is 0.765. The van der Waals surface area contributed by atoms with E-state index in [0.717, 1.165) is 12.3 Å². The molecule has 1 aliphatic rings. The Kier molecular flexibility index (Phi) is 5.00. The number of hydrogen-bond acceptors (Lipinski definition) is 1. The van der Waals surface area contributed by atoms with E-state index in [-0.39, 0.29) is 0 Å². The molecule has 1 aliphatic carbocycles. The van der Waals surface area contributed by atoms with Crippen LogP contribution in [-0.4, -0.2) is 5.38 Å². The minimum atomic E-state index is 0.380. The average Bonchev–Trinajstić information content (AvgIpc) is 2.78. The maximum absolute atomic E-state index is 6.59. The van der Waals surface area contributed by atoms with Crippen LogP contribution in [-0.2, 0) is 12.8 Å². The number of aryl methyl sites for hydroxylation is 1. The summed E-state index contributed by atoms with van der Waals surface area (Å²) < 4.78 is 0. The molecular weight excluding hydrogens is 272 g/mol. The summed E-state index contributed by atoms with van der Waals surface area (Å²) in [5.41, 5.74) is 0.430. The molecule has 1 aromatic rings. The normalized spacial score (nSPS) is 28.6. The van der Waals surface area contributed by atoms with E-state index < -0.39 is 0 Å². The molecule has 1 saturated carbocycles. The Hall–Kier alpha value is -0.0100. The first-order valence-electron chi connectivity index (χ1n) is 7.61. The van der Waals surface area contributed by atoms with Crippen molar-refractivity contribution >= 4 is 22.9 Å². The highest BCUT2D eigenvalue weighted by molar-refractivity contribution is 7.11. The predicted molar refractivity (Wildman–Crippen MR) is 87.3 cm³/mol. The summed E-state index contributed by atoms with van der Waals surface area (Å²) >= 11 is 8.57. The lowest BCUT2D eigenvalue weighted by atomic mass is 9.68. The van der Waals surface area contributed by atoms with Gasteiger partial charge in [-0.3, -0.25) is 0 Å². The molecule has 0 saturated heterocycles. The van der Waals surface area contributed by atoms with E-state index in [1.54, 1.807) is 0 Å². The van der Waals surface area contributed by atoms with Gasteiger partial charge in [0.1, 0.15) is 0 Å². The van der Waals surface area contributed by atoms with Gasteiger partial charge in [-0.1, -0.05) is 27.7 Å². The maximum atomic E-state index is 6.59. The molecule has 0 aromatic carbocycles. The molecule has 1 heterocycles. The van der Waals surface area contributed by atoms with Gasteiger partial charge in [0.2, 0.25) is 0 Å². The van der Waals surface area contributed by atoms with Crippen LogP contribution in [0.4, 0.5) is 0 Å². The minimum absolute atomic E-state index is 0.380. The zero-order valence-electron chi connectivity index (χ0n) is 12.7. The predicted octanol–water partition coefficient (Wildman–Crippen LogP) is 5.92. The third-order valence-electron chi connectivity index (χ3n) is 4.64. The van der Waals surface area contributed by atoms with Crippen molar-refractivity contribution in [2.75, 3.05) is 0 Å². The SMILES string of the molecule is CCc1ccc(CC2CC(C(C)(C)C)CCC2Cl)s1. The van der Waals surface area contributed by atoms with Gasteiger partial charge in [0.25, 0.3) is 0 Å². The summed E-state index contributed by atoms with van der Waals surface area (Å²) in [6.45, 7) is 9.37. The summed E-state index contributed by atoms with van der Waals surface area (Å²) in [5, 5.41) is 0.380. The van der Waals surface area contributed by atoms with Crippen LogP contribution in [0.1, 0.15) is 56.7 Å². The molecule has 1 aromatic heterocycles. The average molecular weight is 299 g/mol. The number of thiophene rings is 1. The van der Waals surface area contributed by atoms with E-state index in [1.165, 1.54) is 35.4 Å². The van der Waals surface area contributed by atoms with Gasteiger partial charge in [0.15, 0.2) is 0 Å². The Morgan fingerprint density at radius 2 is 1.89 bits per heavy atom. The maximum Gasteiger partial charge on any atom is 0.0367 e. The molecule has 0 spiro atoms. The summed E-state index contributed by atoms with van der Waals surface area (Å²) in [7, 11) is 0. The summed E-state index contributed by atoms with van der Waals surface area (Å²) in [4.78, 5) is 3.03. The molecule has 1 fully saturated rings. The van der Waals surface area contributed by atoms with Gasteiger partial charge in [-0.25, -0.2) is 0 Å². The van der Waals surface area contributed by atoms with Gasteiger partial charge in [-0.15, -0.1) is 22.9 Å². The monoisotopic (exact) mass is 298 g/mol. The zero-order chi connectivity index (χ0) is 14.0. The Balaban J connectivity index is 2.01. The lowest BCUT2D eigenvalue weighted by Crippen LogP contribution is -2.33. The van der Waals surface area contributed by atoms with E-state index >= 15 is 0 Å². The number of halogens is 1. The lowest BCUT2D eigenvalue weighted by Gasteiger charge is -2.40. The highest BCUT2D eigenvalue weighted by Crippen LogP contribution is 2.43. The van der Waals surface area contributed by atoms with E-state index in [0.29, 0.717) is 16.7 Å². The number of rotatable bonds is 3. The van der Waals surface area contributed by atoms with Gasteiger partial charge in [-0.05, 0) is 61.5 Å². The summed E-state index contributed by atoms with van der Waals surface area (Å²) in [5.74, 6) is 1.50. The zero-order valence-corrected chi connectivity index (χ0v) is 14.3. The van der Waals surface area contributed by atoms with Gasteiger partial charge >= 0.3 is 0 Å². The topological polar surface area (TPSA) is 0 Å². The molecule has 2 rings (SSSR count). The molecule has 0 aliphatic heterocycles. The van der Waals surface area contributed by atoms with Crippen molar-refractivity contribution in [3.05, 3.63) is 21.9 Å². The van der Waals surface area contributed by atoms with Crippen LogP contribution in [0, 0.1) is 17.3 Å². The van der Waals surface area contributed by atoms with E-state index in [1.807, 2.05) is 11.3 Å². The molecule has 3 atom stereocenters. The van der Waals surface area contributed by atoms with Gasteiger partial charge in [0.05, 0.1) is 0 Å². The number of hydrogen-bond donors (Lipinski definition) is 0. The summed E-state index contributed by atoms with van der Waals surface area (Å²) in [6, 6.07) is 4.60. The second-order valence-corrected chi connectivity index (χ2v) is 8.89. The molecule has 108 valence electrons. The standard InChI is InChI=1S/C17H27ClS/c1-5-14-7-8-15(19-14)11-12-10-13(17(2,3)4)6-9-16(12)18/h7-8,12-13,16H,5-6,9-11H2,1-4H3. The first-order valence-corrected chi connectivity index (χ1v) is 8.87. The Bertz CT molecular complexity index is 402.